The number of hydrogen-bond acceptors (Lipinski definition) is 4. The van der Waals surface area contributed by atoms with Gasteiger partial charge < -0.3 is 10.1 Å². The fourth-order valence-electron chi connectivity index (χ4n) is 3.82. The Morgan fingerprint density at radius 3 is 2.45 bits per heavy atom. The van der Waals surface area contributed by atoms with E-state index in [1.54, 1.807) is 17.1 Å². The maximum absolute atomic E-state index is 12.3. The van der Waals surface area contributed by atoms with Gasteiger partial charge in [0.25, 0.3) is 5.91 Å². The Labute approximate surface area is 174 Å². The van der Waals surface area contributed by atoms with E-state index in [0.29, 0.717) is 24.3 Å². The normalized spacial score (nSPS) is 20.0. The molecule has 2 aromatic rings. The Kier molecular flexibility index (Phi) is 6.63. The number of ether oxygens (including phenoxy) is 1. The van der Waals surface area contributed by atoms with E-state index in [1.165, 1.54) is 12.8 Å². The van der Waals surface area contributed by atoms with Crippen LogP contribution >= 0.6 is 0 Å². The van der Waals surface area contributed by atoms with E-state index in [4.69, 9.17) is 4.74 Å². The van der Waals surface area contributed by atoms with E-state index in [1.807, 2.05) is 45.0 Å². The molecule has 0 aliphatic carbocycles. The minimum atomic E-state index is -0.275. The second kappa shape index (κ2) is 8.99. The van der Waals surface area contributed by atoms with Crippen LogP contribution in [0.4, 0.5) is 0 Å². The van der Waals surface area contributed by atoms with Gasteiger partial charge in [0.15, 0.2) is 0 Å². The van der Waals surface area contributed by atoms with Gasteiger partial charge in [-0.2, -0.15) is 5.10 Å². The number of nitrogens with zero attached hydrogens (tertiary/aromatic N) is 3. The lowest BCUT2D eigenvalue weighted by atomic mass is 10.1. The van der Waals surface area contributed by atoms with Gasteiger partial charge in [0.2, 0.25) is 0 Å². The molecular formula is C23H34N4O2. The summed E-state index contributed by atoms with van der Waals surface area (Å²) in [6.07, 6.45) is 6.97. The van der Waals surface area contributed by atoms with Crippen molar-refractivity contribution in [3.05, 3.63) is 42.2 Å². The van der Waals surface area contributed by atoms with Gasteiger partial charge in [0.05, 0.1) is 24.1 Å². The Balaban J connectivity index is 1.49. The number of benzene rings is 1. The molecule has 0 saturated carbocycles. The van der Waals surface area contributed by atoms with Gasteiger partial charge in [-0.05, 0) is 78.1 Å². The summed E-state index contributed by atoms with van der Waals surface area (Å²) < 4.78 is 7.61. The third kappa shape index (κ3) is 5.82. The van der Waals surface area contributed by atoms with Crippen LogP contribution in [0, 0.1) is 0 Å². The molecule has 1 N–H and O–H groups in total. The molecule has 29 heavy (non-hydrogen) atoms. The molecule has 1 saturated heterocycles. The fourth-order valence-corrected chi connectivity index (χ4v) is 3.82. The molecule has 1 aliphatic heterocycles. The summed E-state index contributed by atoms with van der Waals surface area (Å²) in [6.45, 7) is 12.3. The predicted molar refractivity (Wildman–Crippen MR) is 116 cm³/mol. The van der Waals surface area contributed by atoms with Crippen LogP contribution in [0.5, 0.6) is 5.75 Å². The zero-order chi connectivity index (χ0) is 21.0. The van der Waals surface area contributed by atoms with Gasteiger partial charge in [-0.3, -0.25) is 9.69 Å². The molecule has 1 aliphatic rings. The third-order valence-electron chi connectivity index (χ3n) is 5.40. The summed E-state index contributed by atoms with van der Waals surface area (Å²) in [6, 6.07) is 9.19. The molecule has 2 atom stereocenters. The number of hydrogen-bond donors (Lipinski definition) is 1. The Morgan fingerprint density at radius 2 is 1.83 bits per heavy atom. The first-order valence-electron chi connectivity index (χ1n) is 10.6. The summed E-state index contributed by atoms with van der Waals surface area (Å²) >= 11 is 0. The number of nitrogens with one attached hydrogen (secondary N) is 1. The summed E-state index contributed by atoms with van der Waals surface area (Å²) in [7, 11) is 0. The maximum Gasteiger partial charge on any atom is 0.254 e. The number of carbonyl (C=O) groups is 1. The highest BCUT2D eigenvalue weighted by molar-refractivity contribution is 5.94. The van der Waals surface area contributed by atoms with Crippen molar-refractivity contribution in [3.8, 4) is 11.4 Å². The van der Waals surface area contributed by atoms with Crippen LogP contribution in [0.1, 0.15) is 64.2 Å². The lowest BCUT2D eigenvalue weighted by Gasteiger charge is -2.25. The van der Waals surface area contributed by atoms with Crippen molar-refractivity contribution >= 4 is 5.91 Å². The first-order valence-corrected chi connectivity index (χ1v) is 10.6. The van der Waals surface area contributed by atoms with Gasteiger partial charge in [-0.1, -0.05) is 0 Å². The molecule has 158 valence electrons. The highest BCUT2D eigenvalue weighted by Crippen LogP contribution is 2.23. The van der Waals surface area contributed by atoms with E-state index < -0.39 is 0 Å². The second-order valence-corrected chi connectivity index (χ2v) is 9.09. The molecular weight excluding hydrogens is 364 g/mol. The second-order valence-electron chi connectivity index (χ2n) is 9.09. The molecule has 0 spiro atoms. The van der Waals surface area contributed by atoms with E-state index >= 15 is 0 Å². The topological polar surface area (TPSA) is 59.4 Å². The maximum atomic E-state index is 12.3. The zero-order valence-corrected chi connectivity index (χ0v) is 18.3. The molecule has 1 aromatic heterocycles. The minimum absolute atomic E-state index is 0.120. The number of carbonyl (C=O) groups excluding carboxylic acids is 1. The molecule has 1 aromatic carbocycles. The first kappa shape index (κ1) is 21.4. The Bertz CT molecular complexity index is 797. The minimum Gasteiger partial charge on any atom is -0.494 e. The van der Waals surface area contributed by atoms with E-state index in [2.05, 4.69) is 29.2 Å². The molecule has 6 heteroatoms. The average molecular weight is 399 g/mol. The van der Waals surface area contributed by atoms with E-state index in [9.17, 15) is 4.79 Å². The molecule has 2 unspecified atom stereocenters. The molecule has 1 amide bonds. The molecule has 1 fully saturated rings. The fraction of sp³-hybridized carbons (Fsp3) is 0.565. The molecule has 0 bridgehead atoms. The van der Waals surface area contributed by atoms with Crippen molar-refractivity contribution in [2.75, 3.05) is 13.2 Å². The van der Waals surface area contributed by atoms with Crippen molar-refractivity contribution in [1.82, 2.24) is 20.0 Å². The Morgan fingerprint density at radius 1 is 1.17 bits per heavy atom. The zero-order valence-electron chi connectivity index (χ0n) is 18.3. The van der Waals surface area contributed by atoms with Crippen molar-refractivity contribution in [2.45, 2.75) is 71.5 Å². The van der Waals surface area contributed by atoms with Crippen molar-refractivity contribution < 1.29 is 9.53 Å². The third-order valence-corrected chi connectivity index (χ3v) is 5.40. The lowest BCUT2D eigenvalue weighted by Crippen LogP contribution is -2.40. The predicted octanol–water partition coefficient (Wildman–Crippen LogP) is 4.04. The number of rotatable bonds is 7. The van der Waals surface area contributed by atoms with Crippen LogP contribution in [-0.4, -0.2) is 51.4 Å². The van der Waals surface area contributed by atoms with Gasteiger partial charge in [0, 0.05) is 30.4 Å². The van der Waals surface area contributed by atoms with E-state index in [0.717, 1.165) is 24.4 Å². The lowest BCUT2D eigenvalue weighted by molar-refractivity contribution is 0.0919. The summed E-state index contributed by atoms with van der Waals surface area (Å²) in [5, 5.41) is 7.26. The van der Waals surface area contributed by atoms with Crippen LogP contribution in [0.15, 0.2) is 36.7 Å². The van der Waals surface area contributed by atoms with Crippen LogP contribution in [0.25, 0.3) is 5.69 Å². The van der Waals surface area contributed by atoms with Crippen LogP contribution in [0.3, 0.4) is 0 Å². The van der Waals surface area contributed by atoms with Gasteiger partial charge in [-0.25, -0.2) is 4.68 Å². The van der Waals surface area contributed by atoms with Gasteiger partial charge >= 0.3 is 0 Å². The number of aromatic nitrogens is 2. The number of amides is 1. The Hall–Kier alpha value is -2.34. The molecule has 3 rings (SSSR count). The highest BCUT2D eigenvalue weighted by atomic mass is 16.5. The molecule has 0 radical (unpaired) electrons. The van der Waals surface area contributed by atoms with Crippen molar-refractivity contribution in [1.29, 1.82) is 0 Å². The summed E-state index contributed by atoms with van der Waals surface area (Å²) in [5.74, 6) is 0.736. The van der Waals surface area contributed by atoms with Crippen LogP contribution < -0.4 is 10.1 Å². The summed E-state index contributed by atoms with van der Waals surface area (Å²) in [5.41, 5.74) is 1.17. The van der Waals surface area contributed by atoms with Crippen molar-refractivity contribution in [2.24, 2.45) is 0 Å². The smallest absolute Gasteiger partial charge is 0.254 e. The van der Waals surface area contributed by atoms with Crippen molar-refractivity contribution in [3.63, 3.8) is 0 Å². The largest absolute Gasteiger partial charge is 0.494 e. The van der Waals surface area contributed by atoms with Gasteiger partial charge in [-0.15, -0.1) is 0 Å². The summed E-state index contributed by atoms with van der Waals surface area (Å²) in [4.78, 5) is 14.8. The monoisotopic (exact) mass is 398 g/mol. The number of likely N-dealkylation sites (tertiary alicyclic amines) is 1. The SMILES string of the molecule is CC1CCC(C)N1CCCOc1ccc(-n2cc(C(=O)NC(C)(C)C)cn2)cc1. The molecule has 6 nitrogen and oxygen atoms in total. The van der Waals surface area contributed by atoms with Crippen LogP contribution in [-0.2, 0) is 0 Å². The van der Waals surface area contributed by atoms with Gasteiger partial charge in [0.1, 0.15) is 5.75 Å². The molecule has 2 heterocycles. The average Bonchev–Trinajstić information content (AvgIpc) is 3.26. The first-order chi connectivity index (χ1) is 13.7. The highest BCUT2D eigenvalue weighted by Gasteiger charge is 2.26. The van der Waals surface area contributed by atoms with E-state index in [-0.39, 0.29) is 11.4 Å². The van der Waals surface area contributed by atoms with Crippen LogP contribution in [0.2, 0.25) is 0 Å². The quantitative estimate of drug-likeness (QED) is 0.715. The standard InChI is InChI=1S/C23H34N4O2/c1-17-7-8-18(2)26(17)13-6-14-29-21-11-9-20(10-12-21)27-16-19(15-24-27)22(28)25-23(3,4)5/h9-12,15-18H,6-8,13-14H2,1-5H3,(H,25,28).